The van der Waals surface area contributed by atoms with Crippen molar-refractivity contribution in [2.75, 3.05) is 14.2 Å². The number of fused-ring (bicyclic) bond motifs is 5. The van der Waals surface area contributed by atoms with E-state index < -0.39 is 60.1 Å². The summed E-state index contributed by atoms with van der Waals surface area (Å²) in [5.41, 5.74) is 1.37. The molecule has 6 rings (SSSR count). The first-order valence-electron chi connectivity index (χ1n) is 14.8. The van der Waals surface area contributed by atoms with Crippen LogP contribution < -0.4 is 18.9 Å². The van der Waals surface area contributed by atoms with Crippen molar-refractivity contribution in [2.45, 2.75) is 63.0 Å². The van der Waals surface area contributed by atoms with Gasteiger partial charge >= 0.3 is 11.9 Å². The van der Waals surface area contributed by atoms with Gasteiger partial charge in [0.25, 0.3) is 0 Å². The molecule has 48 heavy (non-hydrogen) atoms. The number of hydrogen-bond donors (Lipinski definition) is 7. The van der Waals surface area contributed by atoms with Crippen LogP contribution in [0.5, 0.6) is 34.5 Å². The van der Waals surface area contributed by atoms with Gasteiger partial charge in [-0.15, -0.1) is 0 Å². The number of ketones is 1. The van der Waals surface area contributed by atoms with Crippen LogP contribution >= 0.6 is 0 Å². The lowest BCUT2D eigenvalue weighted by Crippen LogP contribution is -2.61. The van der Waals surface area contributed by atoms with Gasteiger partial charge in [-0.3, -0.25) is 4.79 Å². The third-order valence-electron chi connectivity index (χ3n) is 8.76. The topological polar surface area (TPSA) is 239 Å². The number of carbonyl (C=O) groups is 3. The number of hydrogen-bond acceptors (Lipinski definition) is 13. The summed E-state index contributed by atoms with van der Waals surface area (Å²) < 4.78 is 29.0. The number of aliphatic hydroxyl groups excluding tert-OH is 4. The Kier molecular flexibility index (Phi) is 8.43. The summed E-state index contributed by atoms with van der Waals surface area (Å²) in [6.45, 7) is 1.32. The highest BCUT2D eigenvalue weighted by Gasteiger charge is 2.49. The molecule has 0 saturated carbocycles. The number of Topliss-reactive ketones (excluding diaryl/α,β-unsaturated/α-hetero) is 1. The number of aliphatic carboxylic acids is 1. The molecule has 15 nitrogen and oxygen atoms in total. The maximum absolute atomic E-state index is 12.3. The number of aryl methyl sites for hydroxylation is 1. The SMILES string of the molecule is COc1c2c(c(OC)c3c1Oc1c(O[C@@H]4O[C@H](C(=O)O)[C@@H](O)[C@H](O)[C@H]4O)cccc1C3O)-c1c(cc(CC(C)=O)c(C(=O)O)c1O)CC2. The van der Waals surface area contributed by atoms with Crippen molar-refractivity contribution in [3.05, 3.63) is 57.6 Å². The summed E-state index contributed by atoms with van der Waals surface area (Å²) in [7, 11) is 2.69. The van der Waals surface area contributed by atoms with Gasteiger partial charge in [-0.2, -0.15) is 0 Å². The third-order valence-corrected chi connectivity index (χ3v) is 8.76. The molecule has 1 unspecified atom stereocenters. The molecule has 15 heteroatoms. The number of carbonyl (C=O) groups excluding carboxylic acids is 1. The first kappa shape index (κ1) is 33.0. The maximum atomic E-state index is 12.3. The van der Waals surface area contributed by atoms with Gasteiger partial charge in [0, 0.05) is 28.7 Å². The lowest BCUT2D eigenvalue weighted by atomic mass is 9.78. The van der Waals surface area contributed by atoms with E-state index in [0.29, 0.717) is 24.0 Å². The summed E-state index contributed by atoms with van der Waals surface area (Å²) in [6.07, 6.45) is -10.5. The van der Waals surface area contributed by atoms with E-state index in [2.05, 4.69) is 0 Å². The van der Waals surface area contributed by atoms with E-state index in [1.54, 1.807) is 6.07 Å². The highest BCUT2D eigenvalue weighted by atomic mass is 16.7. The Bertz CT molecular complexity index is 1850. The monoisotopic (exact) mass is 668 g/mol. The van der Waals surface area contributed by atoms with Gasteiger partial charge < -0.3 is 59.4 Å². The number of phenols is 1. The number of carboxylic acids is 2. The largest absolute Gasteiger partial charge is 0.506 e. The Morgan fingerprint density at radius 1 is 0.917 bits per heavy atom. The second kappa shape index (κ2) is 12.3. The standard InChI is InChI=1S/C33H32O15/c1-11(34)9-13-10-12-7-8-14-19(17(12)22(36)18(13)31(40)41)28(45-3)20-21(35)15-5-4-6-16(26(15)47-29(20)27(14)44-2)46-33-25(39)23(37)24(38)30(48-33)32(42)43/h4-6,10,21,23-25,30,33,35-39H,7-9H2,1-3H3,(H,40,41)(H,42,43)/t21?,23-,24-,25+,30-,33+/m0/s1. The molecule has 3 aromatic rings. The minimum Gasteiger partial charge on any atom is -0.506 e. The molecule has 254 valence electrons. The molecule has 2 aliphatic heterocycles. The molecule has 0 aromatic heterocycles. The van der Waals surface area contributed by atoms with Crippen LogP contribution in [0.15, 0.2) is 24.3 Å². The fraction of sp³-hybridized carbons (Fsp3) is 0.364. The predicted molar refractivity (Wildman–Crippen MR) is 161 cm³/mol. The zero-order valence-corrected chi connectivity index (χ0v) is 25.8. The van der Waals surface area contributed by atoms with Crippen LogP contribution in [-0.2, 0) is 33.6 Å². The zero-order valence-electron chi connectivity index (χ0n) is 25.8. The van der Waals surface area contributed by atoms with Crippen molar-refractivity contribution in [2.24, 2.45) is 0 Å². The van der Waals surface area contributed by atoms with E-state index in [4.69, 9.17) is 23.7 Å². The van der Waals surface area contributed by atoms with Crippen LogP contribution in [0.3, 0.4) is 0 Å². The number of ether oxygens (including phenoxy) is 5. The Labute approximate surface area is 272 Å². The van der Waals surface area contributed by atoms with Crippen LogP contribution in [0.4, 0.5) is 0 Å². The average molecular weight is 669 g/mol. The summed E-state index contributed by atoms with van der Waals surface area (Å²) >= 11 is 0. The van der Waals surface area contributed by atoms with Crippen LogP contribution in [0.1, 0.15) is 51.2 Å². The lowest BCUT2D eigenvalue weighted by Gasteiger charge is -2.39. The lowest BCUT2D eigenvalue weighted by molar-refractivity contribution is -0.271. The highest BCUT2D eigenvalue weighted by molar-refractivity contribution is 6.00. The predicted octanol–water partition coefficient (Wildman–Crippen LogP) is 1.46. The number of methoxy groups -OCH3 is 2. The number of carboxylic acid groups (broad SMARTS) is 2. The average Bonchev–Trinajstić information content (AvgIpc) is 3.03. The Morgan fingerprint density at radius 3 is 2.25 bits per heavy atom. The molecule has 1 fully saturated rings. The van der Waals surface area contributed by atoms with Gasteiger partial charge in [0.05, 0.1) is 19.8 Å². The smallest absolute Gasteiger partial charge is 0.339 e. The molecule has 7 N–H and O–H groups in total. The Morgan fingerprint density at radius 2 is 1.62 bits per heavy atom. The molecule has 0 spiro atoms. The molecule has 6 atom stereocenters. The van der Waals surface area contributed by atoms with E-state index >= 15 is 0 Å². The van der Waals surface area contributed by atoms with Crippen molar-refractivity contribution in [3.8, 4) is 45.6 Å². The van der Waals surface area contributed by atoms with Crippen molar-refractivity contribution in [1.29, 1.82) is 0 Å². The number of benzene rings is 3. The Hall–Kier alpha value is -4.93. The van der Waals surface area contributed by atoms with E-state index in [1.165, 1.54) is 39.3 Å². The fourth-order valence-electron chi connectivity index (χ4n) is 6.68. The first-order valence-corrected chi connectivity index (χ1v) is 14.8. The number of aromatic carboxylic acids is 1. The maximum Gasteiger partial charge on any atom is 0.339 e. The van der Waals surface area contributed by atoms with Gasteiger partial charge in [-0.1, -0.05) is 18.2 Å². The van der Waals surface area contributed by atoms with Crippen LogP contribution in [0.25, 0.3) is 11.1 Å². The van der Waals surface area contributed by atoms with Crippen molar-refractivity contribution in [1.82, 2.24) is 0 Å². The summed E-state index contributed by atoms with van der Waals surface area (Å²) in [5, 5.41) is 73.6. The molecule has 0 bridgehead atoms. The zero-order chi connectivity index (χ0) is 34.8. The second-order valence-corrected chi connectivity index (χ2v) is 11.7. The Balaban J connectivity index is 1.50. The van der Waals surface area contributed by atoms with Crippen molar-refractivity contribution < 1.29 is 73.8 Å². The van der Waals surface area contributed by atoms with Crippen LogP contribution in [-0.4, -0.2) is 98.4 Å². The molecule has 3 aliphatic rings. The van der Waals surface area contributed by atoms with Crippen molar-refractivity contribution in [3.63, 3.8) is 0 Å². The van der Waals surface area contributed by atoms with Crippen LogP contribution in [0, 0.1) is 0 Å². The number of rotatable bonds is 8. The second-order valence-electron chi connectivity index (χ2n) is 11.7. The summed E-state index contributed by atoms with van der Waals surface area (Å²) in [5.74, 6) is -3.89. The molecular weight excluding hydrogens is 636 g/mol. The number of para-hydroxylation sites is 1. The molecule has 1 saturated heterocycles. The minimum atomic E-state index is -1.94. The highest BCUT2D eigenvalue weighted by Crippen LogP contribution is 2.60. The summed E-state index contributed by atoms with van der Waals surface area (Å²) in [6, 6.07) is 5.94. The number of aliphatic hydroxyl groups is 4. The molecule has 1 aliphatic carbocycles. The van der Waals surface area contributed by atoms with Gasteiger partial charge in [-0.05, 0) is 37.0 Å². The van der Waals surface area contributed by atoms with E-state index in [1.807, 2.05) is 0 Å². The van der Waals surface area contributed by atoms with Gasteiger partial charge in [0.15, 0.2) is 29.1 Å². The fourth-order valence-corrected chi connectivity index (χ4v) is 6.68. The van der Waals surface area contributed by atoms with Gasteiger partial charge in [-0.25, -0.2) is 9.59 Å². The van der Waals surface area contributed by atoms with Crippen molar-refractivity contribution >= 4 is 17.7 Å². The van der Waals surface area contributed by atoms with E-state index in [9.17, 15) is 50.1 Å². The molecule has 2 heterocycles. The minimum absolute atomic E-state index is 0.00253. The molecule has 3 aromatic carbocycles. The van der Waals surface area contributed by atoms with Gasteiger partial charge in [0.2, 0.25) is 6.29 Å². The quantitative estimate of drug-likeness (QED) is 0.180. The first-order chi connectivity index (χ1) is 22.8. The van der Waals surface area contributed by atoms with Gasteiger partial charge in [0.1, 0.15) is 47.3 Å². The third kappa shape index (κ3) is 5.07. The normalized spacial score (nSPS) is 23.8. The van der Waals surface area contributed by atoms with Crippen LogP contribution in [0.2, 0.25) is 0 Å². The summed E-state index contributed by atoms with van der Waals surface area (Å²) in [4.78, 5) is 35.9. The molecular formula is C33H32O15. The van der Waals surface area contributed by atoms with E-state index in [0.717, 1.165) is 0 Å². The molecule has 0 radical (unpaired) electrons. The van der Waals surface area contributed by atoms with E-state index in [-0.39, 0.29) is 68.8 Å². The number of aromatic hydroxyl groups is 1. The molecule has 0 amide bonds.